The summed E-state index contributed by atoms with van der Waals surface area (Å²) in [7, 11) is -1.27. The van der Waals surface area contributed by atoms with Gasteiger partial charge in [-0.25, -0.2) is 4.21 Å². The lowest BCUT2D eigenvalue weighted by atomic mass is 10.1. The van der Waals surface area contributed by atoms with E-state index in [4.69, 9.17) is 0 Å². The molecule has 0 saturated carbocycles. The summed E-state index contributed by atoms with van der Waals surface area (Å²) in [5.74, 6) is 0.655. The molecule has 0 aliphatic carbocycles. The number of benzene rings is 2. The first kappa shape index (κ1) is 16.4. The monoisotopic (exact) mass is 329 g/mol. The Morgan fingerprint density at radius 1 is 1.09 bits per heavy atom. The van der Waals surface area contributed by atoms with Crippen LogP contribution in [0.4, 0.5) is 0 Å². The normalized spacial score (nSPS) is 21.4. The molecule has 3 rings (SSSR count). The van der Waals surface area contributed by atoms with Gasteiger partial charge in [-0.05, 0) is 29.2 Å². The van der Waals surface area contributed by atoms with Crippen molar-refractivity contribution in [2.24, 2.45) is 5.92 Å². The fourth-order valence-corrected chi connectivity index (χ4v) is 4.36. The van der Waals surface area contributed by atoms with Crippen molar-refractivity contribution >= 4 is 10.8 Å². The van der Waals surface area contributed by atoms with E-state index in [1.807, 2.05) is 42.5 Å². The zero-order valence-electron chi connectivity index (χ0n) is 13.6. The summed E-state index contributed by atoms with van der Waals surface area (Å²) >= 11 is 0. The predicted octanol–water partition coefficient (Wildman–Crippen LogP) is 3.19. The number of nitrogens with zero attached hydrogens (tertiary/aromatic N) is 1. The van der Waals surface area contributed by atoms with Crippen LogP contribution in [0.3, 0.4) is 0 Å². The van der Waals surface area contributed by atoms with Gasteiger partial charge < -0.3 is 5.11 Å². The Bertz CT molecular complexity index is 714. The van der Waals surface area contributed by atoms with Gasteiger partial charge >= 0.3 is 0 Å². The summed E-state index contributed by atoms with van der Waals surface area (Å²) in [6.07, 6.45) is 0. The van der Waals surface area contributed by atoms with Gasteiger partial charge in [0.05, 0.1) is 17.4 Å². The minimum absolute atomic E-state index is 0.0916. The van der Waals surface area contributed by atoms with Crippen LogP contribution in [0.15, 0.2) is 58.3 Å². The quantitative estimate of drug-likeness (QED) is 0.828. The zero-order valence-corrected chi connectivity index (χ0v) is 14.4. The third-order valence-electron chi connectivity index (χ3n) is 4.42. The molecule has 23 heavy (non-hydrogen) atoms. The van der Waals surface area contributed by atoms with Crippen LogP contribution in [0.1, 0.15) is 25.0 Å². The highest BCUT2D eigenvalue weighted by Gasteiger charge is 2.36. The highest BCUT2D eigenvalue weighted by Crippen LogP contribution is 2.30. The molecule has 3 nitrogen and oxygen atoms in total. The molecule has 1 saturated heterocycles. The Labute approximate surface area is 140 Å². The lowest BCUT2D eigenvalue weighted by Crippen LogP contribution is -2.10. The number of hydrogen-bond acceptors (Lipinski definition) is 3. The van der Waals surface area contributed by atoms with Crippen molar-refractivity contribution in [3.05, 3.63) is 59.7 Å². The minimum Gasteiger partial charge on any atom is -0.392 e. The Morgan fingerprint density at radius 2 is 1.65 bits per heavy atom. The molecule has 0 bridgehead atoms. The highest BCUT2D eigenvalue weighted by molar-refractivity contribution is 7.85. The van der Waals surface area contributed by atoms with Crippen molar-refractivity contribution in [3.8, 4) is 0 Å². The van der Waals surface area contributed by atoms with Crippen LogP contribution in [0.5, 0.6) is 0 Å². The molecule has 2 unspecified atom stereocenters. The molecule has 2 aromatic carbocycles. The Balaban J connectivity index is 1.87. The third-order valence-corrected chi connectivity index (χ3v) is 6.01. The van der Waals surface area contributed by atoms with Gasteiger partial charge in [0.15, 0.2) is 0 Å². The third kappa shape index (κ3) is 3.55. The lowest BCUT2D eigenvalue weighted by Gasteiger charge is -2.13. The molecular formula is C19H23NO2S. The molecule has 1 heterocycles. The van der Waals surface area contributed by atoms with E-state index in [0.717, 1.165) is 29.1 Å². The van der Waals surface area contributed by atoms with Gasteiger partial charge in [-0.3, -0.25) is 4.90 Å². The molecule has 1 N–H and O–H groups in total. The van der Waals surface area contributed by atoms with Gasteiger partial charge in [-0.15, -0.1) is 0 Å². The largest absolute Gasteiger partial charge is 0.392 e. The molecule has 0 radical (unpaired) electrons. The van der Waals surface area contributed by atoms with E-state index in [1.54, 1.807) is 0 Å². The number of aliphatic hydroxyl groups excluding tert-OH is 1. The summed E-state index contributed by atoms with van der Waals surface area (Å²) in [6.45, 7) is 6.35. The van der Waals surface area contributed by atoms with Crippen molar-refractivity contribution in [2.75, 3.05) is 6.54 Å². The SMILES string of the molecule is CC(C)[C@@H]1CN1Cc1ccccc1S(=O)c1ccccc1CO. The van der Waals surface area contributed by atoms with Crippen LogP contribution >= 0.6 is 0 Å². The molecule has 122 valence electrons. The van der Waals surface area contributed by atoms with E-state index in [0.29, 0.717) is 16.9 Å². The van der Waals surface area contributed by atoms with Crippen LogP contribution in [0.2, 0.25) is 0 Å². The first-order valence-electron chi connectivity index (χ1n) is 8.04. The maximum atomic E-state index is 13.0. The van der Waals surface area contributed by atoms with Crippen molar-refractivity contribution < 1.29 is 9.32 Å². The number of aliphatic hydroxyl groups is 1. The summed E-state index contributed by atoms with van der Waals surface area (Å²) < 4.78 is 13.0. The summed E-state index contributed by atoms with van der Waals surface area (Å²) in [5.41, 5.74) is 1.84. The molecule has 4 heteroatoms. The molecule has 0 aromatic heterocycles. The second-order valence-corrected chi connectivity index (χ2v) is 7.80. The van der Waals surface area contributed by atoms with E-state index >= 15 is 0 Å². The zero-order chi connectivity index (χ0) is 16.4. The van der Waals surface area contributed by atoms with Crippen LogP contribution in [-0.2, 0) is 24.0 Å². The molecule has 0 amide bonds. The standard InChI is InChI=1S/C19H23NO2S/c1-14(2)17-12-20(17)11-15-7-3-5-9-18(15)23(22)19-10-6-4-8-16(19)13-21/h3-10,14,17,21H,11-13H2,1-2H3/t17-,20?,23?/m0/s1. The predicted molar refractivity (Wildman–Crippen MR) is 92.5 cm³/mol. The van der Waals surface area contributed by atoms with E-state index in [9.17, 15) is 9.32 Å². The molecule has 1 aliphatic heterocycles. The fraction of sp³-hybridized carbons (Fsp3) is 0.368. The molecule has 0 spiro atoms. The van der Waals surface area contributed by atoms with Gasteiger partial charge in [-0.1, -0.05) is 50.2 Å². The second kappa shape index (κ2) is 6.95. The van der Waals surface area contributed by atoms with Crippen molar-refractivity contribution in [3.63, 3.8) is 0 Å². The summed E-state index contributed by atoms with van der Waals surface area (Å²) in [4.78, 5) is 3.97. The molecular weight excluding hydrogens is 306 g/mol. The Kier molecular flexibility index (Phi) is 4.95. The van der Waals surface area contributed by atoms with Crippen molar-refractivity contribution in [2.45, 2.75) is 42.8 Å². The lowest BCUT2D eigenvalue weighted by molar-refractivity contribution is 0.278. The smallest absolute Gasteiger partial charge is 0.0856 e. The average molecular weight is 329 g/mol. The fourth-order valence-electron chi connectivity index (χ4n) is 2.98. The van der Waals surface area contributed by atoms with Crippen LogP contribution in [0, 0.1) is 5.92 Å². The Morgan fingerprint density at radius 3 is 2.22 bits per heavy atom. The van der Waals surface area contributed by atoms with Gasteiger partial charge in [0.1, 0.15) is 0 Å². The molecule has 2 aromatic rings. The first-order chi connectivity index (χ1) is 11.1. The first-order valence-corrected chi connectivity index (χ1v) is 9.19. The maximum absolute atomic E-state index is 13.0. The second-order valence-electron chi connectivity index (χ2n) is 6.38. The van der Waals surface area contributed by atoms with E-state index in [-0.39, 0.29) is 6.61 Å². The average Bonchev–Trinajstić information content (AvgIpc) is 3.34. The molecule has 1 aliphatic rings. The number of hydrogen-bond donors (Lipinski definition) is 1. The molecule has 3 atom stereocenters. The van der Waals surface area contributed by atoms with Gasteiger partial charge in [0, 0.05) is 28.9 Å². The van der Waals surface area contributed by atoms with E-state index < -0.39 is 10.8 Å². The summed E-state index contributed by atoms with van der Waals surface area (Å²) in [6, 6.07) is 16.0. The Hall–Kier alpha value is -1.49. The van der Waals surface area contributed by atoms with Crippen LogP contribution < -0.4 is 0 Å². The topological polar surface area (TPSA) is 40.3 Å². The van der Waals surface area contributed by atoms with Gasteiger partial charge in [-0.2, -0.15) is 0 Å². The number of rotatable bonds is 6. The van der Waals surface area contributed by atoms with E-state index in [1.165, 1.54) is 0 Å². The van der Waals surface area contributed by atoms with Gasteiger partial charge in [0.25, 0.3) is 0 Å². The molecule has 1 fully saturated rings. The van der Waals surface area contributed by atoms with Crippen LogP contribution in [-0.4, -0.2) is 26.8 Å². The highest BCUT2D eigenvalue weighted by atomic mass is 32.2. The van der Waals surface area contributed by atoms with Crippen molar-refractivity contribution in [1.29, 1.82) is 0 Å². The van der Waals surface area contributed by atoms with E-state index in [2.05, 4.69) is 24.8 Å². The van der Waals surface area contributed by atoms with Crippen LogP contribution in [0.25, 0.3) is 0 Å². The minimum atomic E-state index is -1.27. The summed E-state index contributed by atoms with van der Waals surface area (Å²) in [5, 5.41) is 9.49. The van der Waals surface area contributed by atoms with Crippen molar-refractivity contribution in [1.82, 2.24) is 4.90 Å². The van der Waals surface area contributed by atoms with Gasteiger partial charge in [0.2, 0.25) is 0 Å². The maximum Gasteiger partial charge on any atom is 0.0856 e.